The second kappa shape index (κ2) is 8.79. The van der Waals surface area contributed by atoms with Gasteiger partial charge in [0.25, 0.3) is 0 Å². The van der Waals surface area contributed by atoms with E-state index >= 15 is 0 Å². The summed E-state index contributed by atoms with van der Waals surface area (Å²) < 4.78 is 17.9. The zero-order chi connectivity index (χ0) is 26.6. The number of amides is 1. The number of aliphatic hydroxyl groups is 3. The Bertz CT molecular complexity index is 1280. The third-order valence-corrected chi connectivity index (χ3v) is 8.15. The van der Waals surface area contributed by atoms with Crippen LogP contribution < -0.4 is 19.7 Å². The molecule has 0 radical (unpaired) electrons. The predicted molar refractivity (Wildman–Crippen MR) is 133 cm³/mol. The van der Waals surface area contributed by atoms with E-state index in [1.807, 2.05) is 37.3 Å². The molecule has 0 aromatic heterocycles. The van der Waals surface area contributed by atoms with Crippen molar-refractivity contribution in [2.45, 2.75) is 36.6 Å². The van der Waals surface area contributed by atoms with Crippen LogP contribution in [0.4, 0.5) is 0 Å². The van der Waals surface area contributed by atoms with Crippen molar-refractivity contribution in [1.82, 2.24) is 5.48 Å². The molecule has 6 atom stereocenters. The molecule has 1 saturated carbocycles. The van der Waals surface area contributed by atoms with Gasteiger partial charge in [0.05, 0.1) is 32.8 Å². The van der Waals surface area contributed by atoms with E-state index in [1.54, 1.807) is 30.4 Å². The van der Waals surface area contributed by atoms with Gasteiger partial charge in [0.1, 0.15) is 29.1 Å². The number of hydrogen-bond acceptors (Lipinski definition) is 8. The second-order valence-electron chi connectivity index (χ2n) is 9.92. The van der Waals surface area contributed by atoms with Crippen molar-refractivity contribution in [3.8, 4) is 17.2 Å². The van der Waals surface area contributed by atoms with E-state index in [4.69, 9.17) is 19.0 Å². The van der Waals surface area contributed by atoms with Crippen LogP contribution in [0.5, 0.6) is 17.2 Å². The van der Waals surface area contributed by atoms with E-state index in [0.717, 1.165) is 0 Å². The Hall–Kier alpha value is -3.53. The fraction of sp³-hybridized carbons (Fsp3) is 0.393. The van der Waals surface area contributed by atoms with E-state index in [0.29, 0.717) is 11.3 Å². The van der Waals surface area contributed by atoms with Gasteiger partial charge in [0.15, 0.2) is 11.2 Å². The topological polar surface area (TPSA) is 127 Å². The van der Waals surface area contributed by atoms with Gasteiger partial charge in [0.2, 0.25) is 5.91 Å². The van der Waals surface area contributed by atoms with Gasteiger partial charge in [-0.25, -0.2) is 5.48 Å². The lowest BCUT2D eigenvalue weighted by atomic mass is 9.57. The molecule has 2 aliphatic carbocycles. The highest BCUT2D eigenvalue weighted by Gasteiger charge is 2.81. The minimum absolute atomic E-state index is 0.0793. The number of carbonyl (C=O) groups is 1. The summed E-state index contributed by atoms with van der Waals surface area (Å²) in [4.78, 5) is 18.4. The standard InChI is InChI=1S/C28H31NO8/c1-26(12-10-17(30)11-13-26)28-22(16-8-6-5-7-9-16)21(25(32)29-36-4)24(31)27(28,33)23-19(35-3)14-18(34-2)15-20(23)37-28/h5-12,14-15,21-22,24,30-31,33H,13H2,1-4H3,(H,29,32)/t21-,22-,24+,26?,27-,28+/m0/s1. The average Bonchev–Trinajstić information content (AvgIpc) is 3.29. The first-order chi connectivity index (χ1) is 17.7. The molecule has 0 saturated heterocycles. The van der Waals surface area contributed by atoms with Crippen LogP contribution in [0.1, 0.15) is 30.4 Å². The lowest BCUT2D eigenvalue weighted by molar-refractivity contribution is -0.185. The summed E-state index contributed by atoms with van der Waals surface area (Å²) in [5.41, 5.74) is -1.48. The van der Waals surface area contributed by atoms with E-state index < -0.39 is 40.5 Å². The van der Waals surface area contributed by atoms with Gasteiger partial charge in [-0.3, -0.25) is 9.63 Å². The maximum absolute atomic E-state index is 13.5. The smallest absolute Gasteiger partial charge is 0.250 e. The summed E-state index contributed by atoms with van der Waals surface area (Å²) >= 11 is 0. The molecule has 196 valence electrons. The first kappa shape index (κ1) is 25.1. The first-order valence-corrected chi connectivity index (χ1v) is 12.0. The summed E-state index contributed by atoms with van der Waals surface area (Å²) in [6, 6.07) is 12.4. The van der Waals surface area contributed by atoms with E-state index in [2.05, 4.69) is 5.48 Å². The second-order valence-corrected chi connectivity index (χ2v) is 9.92. The van der Waals surface area contributed by atoms with Crippen molar-refractivity contribution in [3.63, 3.8) is 0 Å². The van der Waals surface area contributed by atoms with Crippen LogP contribution in [-0.4, -0.2) is 54.3 Å². The van der Waals surface area contributed by atoms with Crippen molar-refractivity contribution in [1.29, 1.82) is 0 Å². The number of hydroxylamine groups is 1. The number of carbonyl (C=O) groups excluding carboxylic acids is 1. The molecule has 0 bridgehead atoms. The molecule has 5 rings (SSSR count). The summed E-state index contributed by atoms with van der Waals surface area (Å²) in [5.74, 6) is -1.58. The van der Waals surface area contributed by atoms with Crippen LogP contribution in [0.3, 0.4) is 0 Å². The molecule has 9 nitrogen and oxygen atoms in total. The third kappa shape index (κ3) is 3.24. The molecule has 4 N–H and O–H groups in total. The molecule has 2 aromatic rings. The van der Waals surface area contributed by atoms with Crippen LogP contribution in [0, 0.1) is 11.3 Å². The van der Waals surface area contributed by atoms with Gasteiger partial charge in [-0.2, -0.15) is 0 Å². The van der Waals surface area contributed by atoms with Gasteiger partial charge in [-0.1, -0.05) is 43.3 Å². The molecule has 1 heterocycles. The van der Waals surface area contributed by atoms with Gasteiger partial charge >= 0.3 is 0 Å². The summed E-state index contributed by atoms with van der Waals surface area (Å²) in [6.45, 7) is 1.88. The van der Waals surface area contributed by atoms with Crippen molar-refractivity contribution in [3.05, 3.63) is 77.6 Å². The fourth-order valence-corrected chi connectivity index (χ4v) is 6.57. The fourth-order valence-electron chi connectivity index (χ4n) is 6.57. The highest BCUT2D eigenvalue weighted by atomic mass is 16.6. The first-order valence-electron chi connectivity index (χ1n) is 12.0. The predicted octanol–water partition coefficient (Wildman–Crippen LogP) is 2.88. The van der Waals surface area contributed by atoms with Gasteiger partial charge in [-0.05, 0) is 24.1 Å². The Kier molecular flexibility index (Phi) is 5.97. The number of methoxy groups -OCH3 is 2. The van der Waals surface area contributed by atoms with Gasteiger partial charge in [0, 0.05) is 23.5 Å². The maximum Gasteiger partial charge on any atom is 0.250 e. The van der Waals surface area contributed by atoms with Crippen LogP contribution in [-0.2, 0) is 15.2 Å². The highest BCUT2D eigenvalue weighted by Crippen LogP contribution is 2.72. The van der Waals surface area contributed by atoms with E-state index in [9.17, 15) is 20.1 Å². The number of nitrogens with one attached hydrogen (secondary N) is 1. The van der Waals surface area contributed by atoms with Crippen molar-refractivity contribution in [2.75, 3.05) is 21.3 Å². The summed E-state index contributed by atoms with van der Waals surface area (Å²) in [7, 11) is 4.27. The number of benzene rings is 2. The highest BCUT2D eigenvalue weighted by molar-refractivity contribution is 5.82. The lowest BCUT2D eigenvalue weighted by Crippen LogP contribution is -2.63. The molecule has 9 heteroatoms. The van der Waals surface area contributed by atoms with Gasteiger partial charge in [-0.15, -0.1) is 0 Å². The molecule has 1 unspecified atom stereocenters. The number of rotatable bonds is 6. The average molecular weight is 510 g/mol. The van der Waals surface area contributed by atoms with Gasteiger partial charge < -0.3 is 29.5 Å². The molecular weight excluding hydrogens is 478 g/mol. The molecule has 2 aromatic carbocycles. The lowest BCUT2D eigenvalue weighted by Gasteiger charge is -2.51. The number of fused-ring (bicyclic) bond motifs is 3. The van der Waals surface area contributed by atoms with Crippen LogP contribution in [0.15, 0.2) is 66.5 Å². The van der Waals surface area contributed by atoms with Crippen molar-refractivity contribution >= 4 is 5.91 Å². The van der Waals surface area contributed by atoms with Crippen molar-refractivity contribution in [2.24, 2.45) is 11.3 Å². The third-order valence-electron chi connectivity index (χ3n) is 8.15. The monoisotopic (exact) mass is 509 g/mol. The molecular formula is C28H31NO8. The summed E-state index contributed by atoms with van der Waals surface area (Å²) in [5, 5.41) is 35.0. The minimum Gasteiger partial charge on any atom is -0.508 e. The van der Waals surface area contributed by atoms with E-state index in [1.165, 1.54) is 21.3 Å². The molecule has 1 amide bonds. The van der Waals surface area contributed by atoms with Crippen LogP contribution in [0.25, 0.3) is 0 Å². The zero-order valence-corrected chi connectivity index (χ0v) is 21.1. The Balaban J connectivity index is 1.87. The SMILES string of the molecule is CONC(=O)[C@@H]1[C@@H](O)[C@@]2(O)c3c(OC)cc(OC)cc3O[C@@]2(C2(C)C=CC(O)=CC2)[C@H]1c1ccccc1. The number of hydrogen-bond donors (Lipinski definition) is 4. The Morgan fingerprint density at radius 3 is 2.46 bits per heavy atom. The molecule has 1 fully saturated rings. The number of allylic oxidation sites excluding steroid dienone is 2. The Labute approximate surface area is 214 Å². The Morgan fingerprint density at radius 1 is 1.14 bits per heavy atom. The maximum atomic E-state index is 13.5. The molecule has 1 aliphatic heterocycles. The molecule has 0 spiro atoms. The quantitative estimate of drug-likeness (QED) is 0.438. The Morgan fingerprint density at radius 2 is 1.86 bits per heavy atom. The minimum atomic E-state index is -2.11. The van der Waals surface area contributed by atoms with E-state index in [-0.39, 0.29) is 29.2 Å². The number of aliphatic hydroxyl groups excluding tert-OH is 2. The molecule has 3 aliphatic rings. The zero-order valence-electron chi connectivity index (χ0n) is 21.1. The normalized spacial score (nSPS) is 33.7. The van der Waals surface area contributed by atoms with Crippen molar-refractivity contribution < 1.29 is 39.2 Å². The summed E-state index contributed by atoms with van der Waals surface area (Å²) in [6.07, 6.45) is 3.58. The van der Waals surface area contributed by atoms with Crippen LogP contribution in [0.2, 0.25) is 0 Å². The van der Waals surface area contributed by atoms with Crippen LogP contribution >= 0.6 is 0 Å². The largest absolute Gasteiger partial charge is 0.508 e. The number of ether oxygens (including phenoxy) is 3. The molecule has 37 heavy (non-hydrogen) atoms.